The first-order chi connectivity index (χ1) is 11.7. The summed E-state index contributed by atoms with van der Waals surface area (Å²) < 4.78 is 0. The summed E-state index contributed by atoms with van der Waals surface area (Å²) in [6.07, 6.45) is 0. The second-order valence-corrected chi connectivity index (χ2v) is 5.91. The number of hydrogen-bond acceptors (Lipinski definition) is 2. The van der Waals surface area contributed by atoms with Crippen LogP contribution in [0.25, 0.3) is 0 Å². The molecule has 0 atom stereocenters. The molecule has 3 rings (SSSR count). The highest BCUT2D eigenvalue weighted by Crippen LogP contribution is 2.40. The van der Waals surface area contributed by atoms with Crippen LogP contribution in [0.3, 0.4) is 0 Å². The number of benzene rings is 3. The average Bonchev–Trinajstić information content (AvgIpc) is 2.65. The second-order valence-electron chi connectivity index (χ2n) is 5.91. The summed E-state index contributed by atoms with van der Waals surface area (Å²) in [5.41, 5.74) is 3.25. The summed E-state index contributed by atoms with van der Waals surface area (Å²) in [6, 6.07) is 30.7. The Morgan fingerprint density at radius 2 is 0.958 bits per heavy atom. The normalized spacial score (nSPS) is 10.9. The Morgan fingerprint density at radius 1 is 0.625 bits per heavy atom. The molecular formula is C22H21NO. The highest BCUT2D eigenvalue weighted by atomic mass is 16.6. The molecule has 0 N–H and O–H groups in total. The lowest BCUT2D eigenvalue weighted by molar-refractivity contribution is 0.0170. The lowest BCUT2D eigenvalue weighted by Gasteiger charge is -2.33. The summed E-state index contributed by atoms with van der Waals surface area (Å²) in [7, 11) is 0. The highest BCUT2D eigenvalue weighted by Gasteiger charge is 2.39. The summed E-state index contributed by atoms with van der Waals surface area (Å²) in [6.45, 7) is 3.87. The number of hydrogen-bond donors (Lipinski definition) is 0. The van der Waals surface area contributed by atoms with Gasteiger partial charge < -0.3 is 4.84 Å². The minimum absolute atomic E-state index is 0.777. The maximum absolute atomic E-state index is 6.24. The van der Waals surface area contributed by atoms with Gasteiger partial charge in [-0.15, -0.1) is 0 Å². The van der Waals surface area contributed by atoms with Gasteiger partial charge in [-0.2, -0.15) is 0 Å². The van der Waals surface area contributed by atoms with Crippen LogP contribution in [0.5, 0.6) is 0 Å². The van der Waals surface area contributed by atoms with Gasteiger partial charge in [0.1, 0.15) is 0 Å². The van der Waals surface area contributed by atoms with E-state index in [0.29, 0.717) is 0 Å². The summed E-state index contributed by atoms with van der Waals surface area (Å²) in [5, 5.41) is 4.34. The lowest BCUT2D eigenvalue weighted by atomic mass is 9.80. The minimum atomic E-state index is -0.777. The van der Waals surface area contributed by atoms with Crippen molar-refractivity contribution in [2.24, 2.45) is 5.16 Å². The van der Waals surface area contributed by atoms with Gasteiger partial charge >= 0.3 is 0 Å². The smallest absolute Gasteiger partial charge is 0.212 e. The molecule has 120 valence electrons. The van der Waals surface area contributed by atoms with Crippen LogP contribution in [0.4, 0.5) is 0 Å². The van der Waals surface area contributed by atoms with Gasteiger partial charge in [0.2, 0.25) is 5.60 Å². The van der Waals surface area contributed by atoms with Gasteiger partial charge in [0.05, 0.1) is 5.71 Å². The molecule has 3 aromatic rings. The quantitative estimate of drug-likeness (QED) is 0.351. The van der Waals surface area contributed by atoms with E-state index in [0.717, 1.165) is 22.4 Å². The first-order valence-corrected chi connectivity index (χ1v) is 8.09. The molecule has 2 heteroatoms. The Kier molecular flexibility index (Phi) is 4.76. The fourth-order valence-electron chi connectivity index (χ4n) is 2.84. The van der Waals surface area contributed by atoms with Crippen molar-refractivity contribution >= 4 is 5.71 Å². The van der Waals surface area contributed by atoms with Crippen molar-refractivity contribution in [3.05, 3.63) is 108 Å². The molecule has 0 aliphatic rings. The van der Waals surface area contributed by atoms with E-state index in [2.05, 4.69) is 41.6 Å². The fraction of sp³-hybridized carbons (Fsp3) is 0.136. The first-order valence-electron chi connectivity index (χ1n) is 8.09. The Labute approximate surface area is 143 Å². The standard InChI is InChI=1S/C22H21NO/c1-18(2)23-24-22(19-12-6-3-7-13-19,20-14-8-4-9-15-20)21-16-10-5-11-17-21/h3-17H,1-2H3. The van der Waals surface area contributed by atoms with Gasteiger partial charge in [-0.25, -0.2) is 0 Å². The zero-order chi connectivity index (χ0) is 16.8. The summed E-state index contributed by atoms with van der Waals surface area (Å²) >= 11 is 0. The zero-order valence-electron chi connectivity index (χ0n) is 14.0. The van der Waals surface area contributed by atoms with Crippen molar-refractivity contribution in [2.75, 3.05) is 0 Å². The van der Waals surface area contributed by atoms with Crippen LogP contribution in [0.1, 0.15) is 30.5 Å². The predicted molar refractivity (Wildman–Crippen MR) is 99.1 cm³/mol. The van der Waals surface area contributed by atoms with E-state index in [-0.39, 0.29) is 0 Å². The molecule has 0 bridgehead atoms. The Hall–Kier alpha value is -2.87. The Morgan fingerprint density at radius 3 is 1.25 bits per heavy atom. The number of nitrogens with zero attached hydrogens (tertiary/aromatic N) is 1. The molecular weight excluding hydrogens is 294 g/mol. The largest absolute Gasteiger partial charge is 0.375 e. The van der Waals surface area contributed by atoms with E-state index in [1.807, 2.05) is 68.4 Å². The van der Waals surface area contributed by atoms with Crippen LogP contribution in [0.15, 0.2) is 96.2 Å². The van der Waals surface area contributed by atoms with Crippen LogP contribution in [0, 0.1) is 0 Å². The zero-order valence-corrected chi connectivity index (χ0v) is 14.0. The van der Waals surface area contributed by atoms with E-state index in [1.165, 1.54) is 0 Å². The van der Waals surface area contributed by atoms with Crippen molar-refractivity contribution in [1.29, 1.82) is 0 Å². The first kappa shape index (κ1) is 16.0. The molecule has 0 aliphatic heterocycles. The Bertz CT molecular complexity index is 694. The third-order valence-corrected chi connectivity index (χ3v) is 3.91. The monoisotopic (exact) mass is 315 g/mol. The van der Waals surface area contributed by atoms with Crippen LogP contribution >= 0.6 is 0 Å². The molecule has 0 saturated heterocycles. The van der Waals surface area contributed by atoms with Gasteiger partial charge in [0.25, 0.3) is 0 Å². The summed E-state index contributed by atoms with van der Waals surface area (Å²) in [5.74, 6) is 0. The second kappa shape index (κ2) is 7.14. The SMILES string of the molecule is CC(C)=NOC(c1ccccc1)(c1ccccc1)c1ccccc1. The third kappa shape index (κ3) is 3.09. The average molecular weight is 315 g/mol. The number of rotatable bonds is 5. The van der Waals surface area contributed by atoms with Crippen molar-refractivity contribution in [1.82, 2.24) is 0 Å². The molecule has 3 aromatic carbocycles. The van der Waals surface area contributed by atoms with Crippen LogP contribution < -0.4 is 0 Å². The predicted octanol–water partition coefficient (Wildman–Crippen LogP) is 5.39. The van der Waals surface area contributed by atoms with Crippen LogP contribution in [-0.4, -0.2) is 5.71 Å². The van der Waals surface area contributed by atoms with Gasteiger partial charge in [-0.3, -0.25) is 0 Å². The molecule has 0 amide bonds. The maximum atomic E-state index is 6.24. The van der Waals surface area contributed by atoms with E-state index in [4.69, 9.17) is 4.84 Å². The van der Waals surface area contributed by atoms with Crippen molar-refractivity contribution < 1.29 is 4.84 Å². The molecule has 0 spiro atoms. The van der Waals surface area contributed by atoms with E-state index >= 15 is 0 Å². The van der Waals surface area contributed by atoms with E-state index in [9.17, 15) is 0 Å². The van der Waals surface area contributed by atoms with E-state index in [1.54, 1.807) is 0 Å². The molecule has 0 aliphatic carbocycles. The lowest BCUT2D eigenvalue weighted by Crippen LogP contribution is -2.31. The summed E-state index contributed by atoms with van der Waals surface area (Å²) in [4.78, 5) is 6.24. The molecule has 0 saturated carbocycles. The minimum Gasteiger partial charge on any atom is -0.375 e. The van der Waals surface area contributed by atoms with Crippen molar-refractivity contribution in [3.63, 3.8) is 0 Å². The Balaban J connectivity index is 2.30. The van der Waals surface area contributed by atoms with Crippen LogP contribution in [-0.2, 0) is 10.4 Å². The molecule has 0 fully saturated rings. The molecule has 0 aromatic heterocycles. The topological polar surface area (TPSA) is 21.6 Å². The van der Waals surface area contributed by atoms with Gasteiger partial charge in [0.15, 0.2) is 0 Å². The molecule has 0 radical (unpaired) electrons. The third-order valence-electron chi connectivity index (χ3n) is 3.91. The molecule has 0 heterocycles. The molecule has 0 unspecified atom stereocenters. The van der Waals surface area contributed by atoms with Crippen molar-refractivity contribution in [3.8, 4) is 0 Å². The maximum Gasteiger partial charge on any atom is 0.212 e. The number of oxime groups is 1. The van der Waals surface area contributed by atoms with Gasteiger partial charge in [-0.1, -0.05) is 96.2 Å². The van der Waals surface area contributed by atoms with Gasteiger partial charge in [0, 0.05) is 16.7 Å². The van der Waals surface area contributed by atoms with E-state index < -0.39 is 5.60 Å². The fourth-order valence-corrected chi connectivity index (χ4v) is 2.84. The van der Waals surface area contributed by atoms with Crippen molar-refractivity contribution in [2.45, 2.75) is 19.4 Å². The van der Waals surface area contributed by atoms with Gasteiger partial charge in [-0.05, 0) is 13.8 Å². The molecule has 2 nitrogen and oxygen atoms in total. The highest BCUT2D eigenvalue weighted by molar-refractivity contribution is 5.78. The molecule has 24 heavy (non-hydrogen) atoms. The van der Waals surface area contributed by atoms with Crippen LogP contribution in [0.2, 0.25) is 0 Å².